The molecule has 2 rings (SSSR count). The summed E-state index contributed by atoms with van der Waals surface area (Å²) in [6, 6.07) is 10.4. The summed E-state index contributed by atoms with van der Waals surface area (Å²) in [4.78, 5) is 25.0. The number of para-hydroxylation sites is 1. The molecule has 0 heterocycles. The largest absolute Gasteiger partial charge is 0.493 e. The number of benzene rings is 2. The van der Waals surface area contributed by atoms with Gasteiger partial charge in [0.1, 0.15) is 0 Å². The number of anilines is 1. The van der Waals surface area contributed by atoms with Crippen molar-refractivity contribution < 1.29 is 27.8 Å². The summed E-state index contributed by atoms with van der Waals surface area (Å²) in [6.45, 7) is 0.825. The molecule has 0 bridgehead atoms. The molecule has 0 saturated carbocycles. The lowest BCUT2D eigenvalue weighted by molar-refractivity contribution is -0.0512. The van der Waals surface area contributed by atoms with Gasteiger partial charge in [0, 0.05) is 11.6 Å². The average molecular weight is 392 g/mol. The average Bonchev–Trinajstić information content (AvgIpc) is 2.67. The van der Waals surface area contributed by atoms with Crippen LogP contribution in [0.3, 0.4) is 0 Å². The Kier molecular flexibility index (Phi) is 7.31. The first-order valence-electron chi connectivity index (χ1n) is 8.69. The van der Waals surface area contributed by atoms with Crippen LogP contribution in [0, 0.1) is 0 Å². The Morgan fingerprint density at radius 2 is 1.79 bits per heavy atom. The van der Waals surface area contributed by atoms with Crippen LogP contribution in [0.5, 0.6) is 11.5 Å². The third kappa shape index (κ3) is 5.42. The van der Waals surface area contributed by atoms with Gasteiger partial charge < -0.3 is 20.1 Å². The Bertz CT molecular complexity index is 843. The van der Waals surface area contributed by atoms with Gasteiger partial charge in [-0.15, -0.1) is 0 Å². The molecule has 8 heteroatoms. The van der Waals surface area contributed by atoms with Crippen molar-refractivity contribution >= 4 is 17.5 Å². The van der Waals surface area contributed by atoms with Crippen molar-refractivity contribution in [3.63, 3.8) is 0 Å². The molecule has 0 saturated heterocycles. The van der Waals surface area contributed by atoms with Gasteiger partial charge in [-0.2, -0.15) is 8.78 Å². The van der Waals surface area contributed by atoms with Crippen LogP contribution in [0.25, 0.3) is 0 Å². The smallest absolute Gasteiger partial charge is 0.387 e. The number of carbonyl (C=O) groups is 2. The van der Waals surface area contributed by atoms with E-state index in [1.54, 1.807) is 24.3 Å². The number of amides is 2. The van der Waals surface area contributed by atoms with E-state index in [4.69, 9.17) is 4.74 Å². The zero-order valence-electron chi connectivity index (χ0n) is 15.8. The Balaban J connectivity index is 2.22. The molecule has 2 aromatic carbocycles. The van der Waals surface area contributed by atoms with Crippen LogP contribution in [0.15, 0.2) is 42.5 Å². The lowest BCUT2D eigenvalue weighted by atomic mass is 10.1. The third-order valence-electron chi connectivity index (χ3n) is 4.05. The van der Waals surface area contributed by atoms with Crippen LogP contribution < -0.4 is 20.1 Å². The number of hydrogen-bond donors (Lipinski definition) is 2. The molecule has 0 aliphatic rings. The van der Waals surface area contributed by atoms with Crippen LogP contribution in [0.2, 0.25) is 0 Å². The summed E-state index contributed by atoms with van der Waals surface area (Å²) in [5.41, 5.74) is 0.816. The SMILES string of the molecule is CC[C@@H](C)NC(=O)c1ccccc1NC(=O)c1ccc(OC(F)F)c(OC)c1. The molecule has 2 amide bonds. The van der Waals surface area contributed by atoms with E-state index < -0.39 is 12.5 Å². The van der Waals surface area contributed by atoms with Crippen molar-refractivity contribution in [3.8, 4) is 11.5 Å². The molecule has 150 valence electrons. The summed E-state index contributed by atoms with van der Waals surface area (Å²) < 4.78 is 34.2. The predicted molar refractivity (Wildman–Crippen MR) is 101 cm³/mol. The lowest BCUT2D eigenvalue weighted by Gasteiger charge is -2.15. The monoisotopic (exact) mass is 392 g/mol. The number of hydrogen-bond acceptors (Lipinski definition) is 4. The minimum absolute atomic E-state index is 0.00394. The van der Waals surface area contributed by atoms with E-state index in [1.165, 1.54) is 25.3 Å². The summed E-state index contributed by atoms with van der Waals surface area (Å²) in [6.07, 6.45) is 0.771. The van der Waals surface area contributed by atoms with E-state index in [9.17, 15) is 18.4 Å². The predicted octanol–water partition coefficient (Wildman–Crippen LogP) is 4.08. The number of carbonyl (C=O) groups excluding carboxylic acids is 2. The summed E-state index contributed by atoms with van der Waals surface area (Å²) in [7, 11) is 1.28. The molecular formula is C20H22F2N2O4. The van der Waals surface area contributed by atoms with Gasteiger partial charge in [-0.1, -0.05) is 19.1 Å². The Hall–Kier alpha value is -3.16. The van der Waals surface area contributed by atoms with E-state index >= 15 is 0 Å². The molecule has 0 fully saturated rings. The van der Waals surface area contributed by atoms with Crippen molar-refractivity contribution in [1.82, 2.24) is 5.32 Å². The topological polar surface area (TPSA) is 76.7 Å². The van der Waals surface area contributed by atoms with E-state index in [0.717, 1.165) is 6.42 Å². The first kappa shape index (κ1) is 21.1. The quantitative estimate of drug-likeness (QED) is 0.710. The van der Waals surface area contributed by atoms with Crippen molar-refractivity contribution in [1.29, 1.82) is 0 Å². The highest BCUT2D eigenvalue weighted by molar-refractivity contribution is 6.09. The molecule has 0 unspecified atom stereocenters. The summed E-state index contributed by atoms with van der Waals surface area (Å²) in [5, 5.41) is 5.51. The zero-order valence-corrected chi connectivity index (χ0v) is 15.8. The zero-order chi connectivity index (χ0) is 20.7. The van der Waals surface area contributed by atoms with E-state index in [0.29, 0.717) is 11.3 Å². The van der Waals surface area contributed by atoms with Gasteiger partial charge in [-0.05, 0) is 43.7 Å². The molecule has 0 aliphatic heterocycles. The maximum absolute atomic E-state index is 12.6. The van der Waals surface area contributed by atoms with Gasteiger partial charge in [-0.3, -0.25) is 9.59 Å². The van der Waals surface area contributed by atoms with E-state index in [1.807, 2.05) is 13.8 Å². The van der Waals surface area contributed by atoms with E-state index in [2.05, 4.69) is 15.4 Å². The normalized spacial score (nSPS) is 11.6. The fourth-order valence-corrected chi connectivity index (χ4v) is 2.39. The molecule has 6 nitrogen and oxygen atoms in total. The van der Waals surface area contributed by atoms with Crippen LogP contribution in [-0.4, -0.2) is 31.6 Å². The molecule has 1 atom stereocenters. The molecule has 28 heavy (non-hydrogen) atoms. The minimum atomic E-state index is -3.01. The van der Waals surface area contributed by atoms with Gasteiger partial charge in [-0.25, -0.2) is 0 Å². The van der Waals surface area contributed by atoms with Crippen molar-refractivity contribution in [2.45, 2.75) is 32.9 Å². The number of alkyl halides is 2. The highest BCUT2D eigenvalue weighted by Crippen LogP contribution is 2.30. The number of ether oxygens (including phenoxy) is 2. The second kappa shape index (κ2) is 9.68. The van der Waals surface area contributed by atoms with Gasteiger partial charge >= 0.3 is 6.61 Å². The van der Waals surface area contributed by atoms with Crippen LogP contribution >= 0.6 is 0 Å². The minimum Gasteiger partial charge on any atom is -0.493 e. The molecule has 0 aliphatic carbocycles. The van der Waals surface area contributed by atoms with Crippen molar-refractivity contribution in [2.75, 3.05) is 12.4 Å². The maximum atomic E-state index is 12.6. The van der Waals surface area contributed by atoms with Crippen molar-refractivity contribution in [3.05, 3.63) is 53.6 Å². The lowest BCUT2D eigenvalue weighted by Crippen LogP contribution is -2.32. The Labute approximate surface area is 161 Å². The maximum Gasteiger partial charge on any atom is 0.387 e. The van der Waals surface area contributed by atoms with E-state index in [-0.39, 0.29) is 29.0 Å². The summed E-state index contributed by atoms with van der Waals surface area (Å²) in [5.74, 6) is -1.01. The molecular weight excluding hydrogens is 370 g/mol. The Morgan fingerprint density at radius 1 is 1.07 bits per heavy atom. The number of nitrogens with one attached hydrogen (secondary N) is 2. The standard InChI is InChI=1S/C20H22F2N2O4/c1-4-12(2)23-19(26)14-7-5-6-8-15(14)24-18(25)13-9-10-16(28-20(21)22)17(11-13)27-3/h5-12,20H,4H2,1-3H3,(H,23,26)(H,24,25)/t12-/m1/s1. The van der Waals surface area contributed by atoms with Gasteiger partial charge in [0.25, 0.3) is 11.8 Å². The fourth-order valence-electron chi connectivity index (χ4n) is 2.39. The first-order chi connectivity index (χ1) is 13.3. The molecule has 0 radical (unpaired) electrons. The molecule has 0 spiro atoms. The van der Waals surface area contributed by atoms with Gasteiger partial charge in [0.15, 0.2) is 11.5 Å². The highest BCUT2D eigenvalue weighted by Gasteiger charge is 2.17. The number of methoxy groups -OCH3 is 1. The van der Waals surface area contributed by atoms with Gasteiger partial charge in [0.05, 0.1) is 18.4 Å². The summed E-state index contributed by atoms with van der Waals surface area (Å²) >= 11 is 0. The molecule has 0 aromatic heterocycles. The van der Waals surface area contributed by atoms with Crippen LogP contribution in [0.1, 0.15) is 41.0 Å². The fraction of sp³-hybridized carbons (Fsp3) is 0.300. The Morgan fingerprint density at radius 3 is 2.43 bits per heavy atom. The number of rotatable bonds is 8. The number of halogens is 2. The molecule has 2 aromatic rings. The third-order valence-corrected chi connectivity index (χ3v) is 4.05. The van der Waals surface area contributed by atoms with Crippen LogP contribution in [0.4, 0.5) is 14.5 Å². The second-order valence-electron chi connectivity index (χ2n) is 6.03. The molecule has 2 N–H and O–H groups in total. The van der Waals surface area contributed by atoms with Crippen molar-refractivity contribution in [2.24, 2.45) is 0 Å². The second-order valence-corrected chi connectivity index (χ2v) is 6.03. The van der Waals surface area contributed by atoms with Crippen LogP contribution in [-0.2, 0) is 0 Å². The van der Waals surface area contributed by atoms with Gasteiger partial charge in [0.2, 0.25) is 0 Å². The first-order valence-corrected chi connectivity index (χ1v) is 8.69. The highest BCUT2D eigenvalue weighted by atomic mass is 19.3.